The Morgan fingerprint density at radius 3 is 2.42 bits per heavy atom. The van der Waals surface area contributed by atoms with E-state index in [1.807, 2.05) is 0 Å². The Kier molecular flexibility index (Phi) is 4.04. The molecule has 0 aliphatic heterocycles. The number of benzene rings is 1. The van der Waals surface area contributed by atoms with E-state index in [2.05, 4.69) is 5.32 Å². The molecular weight excluding hydrogens is 244 g/mol. The fraction of sp³-hybridized carbons (Fsp3) is 0.429. The first-order valence-electron chi connectivity index (χ1n) is 6.31. The van der Waals surface area contributed by atoms with Gasteiger partial charge < -0.3 is 15.0 Å². The summed E-state index contributed by atoms with van der Waals surface area (Å²) < 4.78 is 5.04. The fourth-order valence-corrected chi connectivity index (χ4v) is 1.91. The minimum atomic E-state index is -0.174. The molecule has 0 bridgehead atoms. The van der Waals surface area contributed by atoms with Crippen molar-refractivity contribution in [2.75, 3.05) is 19.0 Å². The zero-order valence-corrected chi connectivity index (χ0v) is 11.2. The first-order chi connectivity index (χ1) is 9.10. The van der Waals surface area contributed by atoms with Crippen LogP contribution in [0.5, 0.6) is 5.75 Å². The molecular formula is C14H18N2O3. The molecule has 5 nitrogen and oxygen atoms in total. The summed E-state index contributed by atoms with van der Waals surface area (Å²) in [4.78, 5) is 24.9. The van der Waals surface area contributed by atoms with Crippen molar-refractivity contribution in [3.8, 4) is 5.75 Å². The first-order valence-corrected chi connectivity index (χ1v) is 6.31. The van der Waals surface area contributed by atoms with Crippen molar-refractivity contribution in [1.82, 2.24) is 4.90 Å². The molecule has 1 fully saturated rings. The molecule has 0 saturated heterocycles. The molecule has 1 aromatic rings. The van der Waals surface area contributed by atoms with E-state index in [9.17, 15) is 9.59 Å². The van der Waals surface area contributed by atoms with Crippen molar-refractivity contribution in [1.29, 1.82) is 0 Å². The minimum absolute atomic E-state index is 0.0487. The number of rotatable bonds is 5. The molecule has 2 amide bonds. The first kappa shape index (κ1) is 13.4. The molecule has 1 aliphatic carbocycles. The van der Waals surface area contributed by atoms with Crippen LogP contribution < -0.4 is 10.1 Å². The number of hydrogen-bond acceptors (Lipinski definition) is 3. The number of hydrogen-bond donors (Lipinski definition) is 1. The quantitative estimate of drug-likeness (QED) is 0.877. The number of nitrogens with one attached hydrogen (secondary N) is 1. The zero-order chi connectivity index (χ0) is 13.8. The van der Waals surface area contributed by atoms with Crippen LogP contribution in [-0.4, -0.2) is 36.4 Å². The third-order valence-corrected chi connectivity index (χ3v) is 3.08. The second-order valence-corrected chi connectivity index (χ2v) is 4.65. The molecule has 19 heavy (non-hydrogen) atoms. The normalized spacial score (nSPS) is 13.8. The fourth-order valence-electron chi connectivity index (χ4n) is 1.91. The molecule has 0 unspecified atom stereocenters. The smallest absolute Gasteiger partial charge is 0.244 e. The summed E-state index contributed by atoms with van der Waals surface area (Å²) in [6.45, 7) is 1.62. The van der Waals surface area contributed by atoms with E-state index >= 15 is 0 Å². The standard InChI is InChI=1S/C14H18N2O3/c1-10(17)16(12-5-6-12)9-14(18)15-11-3-7-13(19-2)8-4-11/h3-4,7-8,12H,5-6,9H2,1-2H3,(H,15,18). The van der Waals surface area contributed by atoms with Gasteiger partial charge in [-0.3, -0.25) is 9.59 Å². The number of methoxy groups -OCH3 is 1. The maximum atomic E-state index is 11.9. The van der Waals surface area contributed by atoms with Crippen LogP contribution in [0.4, 0.5) is 5.69 Å². The molecule has 0 aromatic heterocycles. The van der Waals surface area contributed by atoms with Crippen LogP contribution in [0.1, 0.15) is 19.8 Å². The van der Waals surface area contributed by atoms with E-state index in [0.717, 1.165) is 18.6 Å². The summed E-state index contributed by atoms with van der Waals surface area (Å²) >= 11 is 0. The number of carbonyl (C=O) groups excluding carboxylic acids is 2. The van der Waals surface area contributed by atoms with Gasteiger partial charge in [-0.2, -0.15) is 0 Å². The lowest BCUT2D eigenvalue weighted by Crippen LogP contribution is -2.38. The summed E-state index contributed by atoms with van der Waals surface area (Å²) in [5.41, 5.74) is 0.699. The molecule has 0 atom stereocenters. The molecule has 102 valence electrons. The minimum Gasteiger partial charge on any atom is -0.497 e. The summed E-state index contributed by atoms with van der Waals surface area (Å²) in [6, 6.07) is 7.34. The van der Waals surface area contributed by atoms with Crippen LogP contribution in [0.2, 0.25) is 0 Å². The van der Waals surface area contributed by atoms with Gasteiger partial charge in [-0.15, -0.1) is 0 Å². The Hall–Kier alpha value is -2.04. The van der Waals surface area contributed by atoms with Crippen molar-refractivity contribution in [3.05, 3.63) is 24.3 Å². The van der Waals surface area contributed by atoms with Gasteiger partial charge in [0.05, 0.1) is 7.11 Å². The molecule has 5 heteroatoms. The van der Waals surface area contributed by atoms with Gasteiger partial charge in [0.2, 0.25) is 11.8 Å². The van der Waals surface area contributed by atoms with Crippen molar-refractivity contribution in [2.45, 2.75) is 25.8 Å². The van der Waals surface area contributed by atoms with E-state index in [-0.39, 0.29) is 24.4 Å². The van der Waals surface area contributed by atoms with Gasteiger partial charge in [0.15, 0.2) is 0 Å². The van der Waals surface area contributed by atoms with Crippen molar-refractivity contribution >= 4 is 17.5 Å². The molecule has 0 radical (unpaired) electrons. The van der Waals surface area contributed by atoms with Crippen molar-refractivity contribution < 1.29 is 14.3 Å². The van der Waals surface area contributed by atoms with Gasteiger partial charge in [-0.05, 0) is 37.1 Å². The maximum absolute atomic E-state index is 11.9. The molecule has 1 aliphatic rings. The number of ether oxygens (including phenoxy) is 1. The Bertz CT molecular complexity index is 466. The van der Waals surface area contributed by atoms with Crippen LogP contribution in [0, 0.1) is 0 Å². The Morgan fingerprint density at radius 2 is 1.95 bits per heavy atom. The summed E-state index contributed by atoms with van der Waals surface area (Å²) in [7, 11) is 1.59. The second kappa shape index (κ2) is 5.73. The van der Waals surface area contributed by atoms with Gasteiger partial charge in [0.25, 0.3) is 0 Å². The Labute approximate surface area is 112 Å². The molecule has 0 heterocycles. The van der Waals surface area contributed by atoms with Crippen LogP contribution in [0.25, 0.3) is 0 Å². The molecule has 1 saturated carbocycles. The van der Waals surface area contributed by atoms with Crippen LogP contribution in [0.3, 0.4) is 0 Å². The lowest BCUT2D eigenvalue weighted by Gasteiger charge is -2.19. The highest BCUT2D eigenvalue weighted by Gasteiger charge is 2.31. The summed E-state index contributed by atoms with van der Waals surface area (Å²) in [6.07, 6.45) is 1.99. The van der Waals surface area contributed by atoms with E-state index in [1.54, 1.807) is 36.3 Å². The van der Waals surface area contributed by atoms with E-state index in [4.69, 9.17) is 4.74 Å². The Morgan fingerprint density at radius 1 is 1.32 bits per heavy atom. The number of amides is 2. The van der Waals surface area contributed by atoms with Crippen LogP contribution in [-0.2, 0) is 9.59 Å². The average Bonchev–Trinajstić information content (AvgIpc) is 3.21. The van der Waals surface area contributed by atoms with Crippen molar-refractivity contribution in [3.63, 3.8) is 0 Å². The molecule has 1 N–H and O–H groups in total. The second-order valence-electron chi connectivity index (χ2n) is 4.65. The van der Waals surface area contributed by atoms with Crippen LogP contribution in [0.15, 0.2) is 24.3 Å². The summed E-state index contributed by atoms with van der Waals surface area (Å²) in [5, 5.41) is 2.77. The lowest BCUT2D eigenvalue weighted by atomic mass is 10.3. The highest BCUT2D eigenvalue weighted by molar-refractivity contribution is 5.94. The highest BCUT2D eigenvalue weighted by Crippen LogP contribution is 2.26. The predicted molar refractivity (Wildman–Crippen MR) is 72.0 cm³/mol. The molecule has 0 spiro atoms. The van der Waals surface area contributed by atoms with E-state index in [1.165, 1.54) is 6.92 Å². The number of nitrogens with zero attached hydrogens (tertiary/aromatic N) is 1. The van der Waals surface area contributed by atoms with Gasteiger partial charge in [-0.1, -0.05) is 0 Å². The average molecular weight is 262 g/mol. The van der Waals surface area contributed by atoms with Gasteiger partial charge in [-0.25, -0.2) is 0 Å². The number of carbonyl (C=O) groups is 2. The van der Waals surface area contributed by atoms with Crippen molar-refractivity contribution in [2.24, 2.45) is 0 Å². The monoisotopic (exact) mass is 262 g/mol. The third kappa shape index (κ3) is 3.71. The molecule has 1 aromatic carbocycles. The van der Waals surface area contributed by atoms with Crippen LogP contribution >= 0.6 is 0 Å². The van der Waals surface area contributed by atoms with Gasteiger partial charge >= 0.3 is 0 Å². The van der Waals surface area contributed by atoms with Gasteiger partial charge in [0.1, 0.15) is 12.3 Å². The number of anilines is 1. The summed E-state index contributed by atoms with van der Waals surface area (Å²) in [5.74, 6) is 0.515. The maximum Gasteiger partial charge on any atom is 0.244 e. The lowest BCUT2D eigenvalue weighted by molar-refractivity contribution is -0.133. The van der Waals surface area contributed by atoms with E-state index < -0.39 is 0 Å². The Balaban J connectivity index is 1.90. The highest BCUT2D eigenvalue weighted by atomic mass is 16.5. The van der Waals surface area contributed by atoms with E-state index in [0.29, 0.717) is 5.69 Å². The SMILES string of the molecule is COc1ccc(NC(=O)CN(C(C)=O)C2CC2)cc1. The third-order valence-electron chi connectivity index (χ3n) is 3.08. The zero-order valence-electron chi connectivity index (χ0n) is 11.2. The largest absolute Gasteiger partial charge is 0.497 e. The van der Waals surface area contributed by atoms with Gasteiger partial charge in [0, 0.05) is 18.7 Å². The predicted octanol–water partition coefficient (Wildman–Crippen LogP) is 1.64. The molecule has 2 rings (SSSR count). The topological polar surface area (TPSA) is 58.6 Å².